The van der Waals surface area contributed by atoms with Crippen LogP contribution in [0.5, 0.6) is 0 Å². The van der Waals surface area contributed by atoms with Crippen molar-refractivity contribution >= 4 is 16.9 Å². The zero-order valence-corrected chi connectivity index (χ0v) is 11.2. The van der Waals surface area contributed by atoms with E-state index in [0.29, 0.717) is 5.56 Å². The van der Waals surface area contributed by atoms with E-state index in [4.69, 9.17) is 5.11 Å². The summed E-state index contributed by atoms with van der Waals surface area (Å²) < 4.78 is 4.15. The smallest absolute Gasteiger partial charge is 0.335 e. The third-order valence-electron chi connectivity index (χ3n) is 3.53. The summed E-state index contributed by atoms with van der Waals surface area (Å²) in [6, 6.07) is 7.20. The molecule has 0 unspecified atom stereocenters. The lowest BCUT2D eigenvalue weighted by atomic mass is 10.1. The Labute approximate surface area is 116 Å². The molecule has 20 heavy (non-hydrogen) atoms. The molecule has 5 nitrogen and oxygen atoms in total. The molecule has 0 amide bonds. The molecule has 0 aliphatic heterocycles. The van der Waals surface area contributed by atoms with Gasteiger partial charge in [0.05, 0.1) is 5.56 Å². The molecule has 0 saturated heterocycles. The van der Waals surface area contributed by atoms with Gasteiger partial charge in [-0.15, -0.1) is 0 Å². The largest absolute Gasteiger partial charge is 0.478 e. The van der Waals surface area contributed by atoms with Gasteiger partial charge in [0.1, 0.15) is 5.82 Å². The molecule has 0 fully saturated rings. The second-order valence-corrected chi connectivity index (χ2v) is 4.76. The summed E-state index contributed by atoms with van der Waals surface area (Å²) in [6.07, 6.45) is 5.72. The number of aromatic nitrogens is 3. The van der Waals surface area contributed by atoms with Gasteiger partial charge in [-0.3, -0.25) is 0 Å². The maximum absolute atomic E-state index is 11.0. The molecule has 1 aromatic carbocycles. The molecule has 0 atom stereocenters. The normalized spacial score (nSPS) is 11.1. The Morgan fingerprint density at radius 2 is 2.00 bits per heavy atom. The van der Waals surface area contributed by atoms with E-state index in [2.05, 4.69) is 14.1 Å². The Balaban J connectivity index is 1.89. The van der Waals surface area contributed by atoms with Crippen molar-refractivity contribution in [3.05, 3.63) is 54.2 Å². The first kappa shape index (κ1) is 12.5. The summed E-state index contributed by atoms with van der Waals surface area (Å²) in [4.78, 5) is 15.2. The minimum Gasteiger partial charge on any atom is -0.478 e. The quantitative estimate of drug-likeness (QED) is 0.791. The van der Waals surface area contributed by atoms with Crippen molar-refractivity contribution in [2.75, 3.05) is 0 Å². The molecular weight excluding hydrogens is 254 g/mol. The summed E-state index contributed by atoms with van der Waals surface area (Å²) in [7, 11) is 0. The molecule has 0 spiro atoms. The van der Waals surface area contributed by atoms with Gasteiger partial charge >= 0.3 is 5.97 Å². The number of rotatable bonds is 4. The number of fused-ring (bicyclic) bond motifs is 1. The van der Waals surface area contributed by atoms with Crippen molar-refractivity contribution in [1.29, 1.82) is 0 Å². The monoisotopic (exact) mass is 269 g/mol. The molecule has 0 aliphatic rings. The van der Waals surface area contributed by atoms with Crippen LogP contribution in [-0.4, -0.2) is 25.2 Å². The van der Waals surface area contributed by atoms with E-state index in [1.807, 2.05) is 31.5 Å². The van der Waals surface area contributed by atoms with Gasteiger partial charge in [-0.25, -0.2) is 9.78 Å². The van der Waals surface area contributed by atoms with Crippen molar-refractivity contribution < 1.29 is 9.90 Å². The van der Waals surface area contributed by atoms with Gasteiger partial charge < -0.3 is 14.2 Å². The summed E-state index contributed by atoms with van der Waals surface area (Å²) in [5.41, 5.74) is 1.26. The predicted molar refractivity (Wildman–Crippen MR) is 75.9 cm³/mol. The third-order valence-corrected chi connectivity index (χ3v) is 3.53. The molecule has 0 bridgehead atoms. The lowest BCUT2D eigenvalue weighted by Crippen LogP contribution is -2.07. The van der Waals surface area contributed by atoms with Gasteiger partial charge in [0, 0.05) is 37.2 Å². The average Bonchev–Trinajstić information content (AvgIpc) is 3.02. The van der Waals surface area contributed by atoms with Gasteiger partial charge in [-0.05, 0) is 30.5 Å². The number of aryl methyl sites for hydroxylation is 3. The molecule has 2 heterocycles. The van der Waals surface area contributed by atoms with Gasteiger partial charge in [0.15, 0.2) is 0 Å². The van der Waals surface area contributed by atoms with Crippen LogP contribution in [0.2, 0.25) is 0 Å². The number of hydrogen-bond acceptors (Lipinski definition) is 2. The van der Waals surface area contributed by atoms with Crippen LogP contribution >= 0.6 is 0 Å². The first-order chi connectivity index (χ1) is 9.65. The lowest BCUT2D eigenvalue weighted by Gasteiger charge is -2.08. The van der Waals surface area contributed by atoms with Crippen LogP contribution in [0.4, 0.5) is 0 Å². The van der Waals surface area contributed by atoms with E-state index in [-0.39, 0.29) is 0 Å². The second-order valence-electron chi connectivity index (χ2n) is 4.76. The number of carboxylic acid groups (broad SMARTS) is 1. The van der Waals surface area contributed by atoms with Crippen LogP contribution < -0.4 is 0 Å². The number of aromatic carboxylic acids is 1. The number of hydrogen-bond donors (Lipinski definition) is 1. The van der Waals surface area contributed by atoms with Crippen LogP contribution in [0, 0.1) is 6.92 Å². The van der Waals surface area contributed by atoms with E-state index in [1.54, 1.807) is 18.3 Å². The molecule has 2 aromatic heterocycles. The first-order valence-electron chi connectivity index (χ1n) is 6.45. The highest BCUT2D eigenvalue weighted by molar-refractivity contribution is 5.93. The van der Waals surface area contributed by atoms with E-state index in [9.17, 15) is 4.79 Å². The van der Waals surface area contributed by atoms with Crippen LogP contribution in [0.15, 0.2) is 42.9 Å². The Bertz CT molecular complexity index is 770. The van der Waals surface area contributed by atoms with Crippen LogP contribution in [0.25, 0.3) is 10.9 Å². The molecule has 3 rings (SSSR count). The van der Waals surface area contributed by atoms with E-state index < -0.39 is 5.97 Å². The van der Waals surface area contributed by atoms with E-state index >= 15 is 0 Å². The van der Waals surface area contributed by atoms with Crippen LogP contribution in [-0.2, 0) is 13.1 Å². The number of nitrogens with zero attached hydrogens (tertiary/aromatic N) is 3. The van der Waals surface area contributed by atoms with Crippen molar-refractivity contribution in [1.82, 2.24) is 14.1 Å². The van der Waals surface area contributed by atoms with Crippen molar-refractivity contribution in [2.24, 2.45) is 0 Å². The minimum atomic E-state index is -0.898. The SMILES string of the molecule is Cc1nccn1CCn1ccc2ccc(C(=O)O)cc21. The van der Waals surface area contributed by atoms with Gasteiger partial charge in [0.2, 0.25) is 0 Å². The number of carboxylic acids is 1. The fourth-order valence-electron chi connectivity index (χ4n) is 2.37. The Morgan fingerprint density at radius 1 is 1.20 bits per heavy atom. The number of benzene rings is 1. The first-order valence-corrected chi connectivity index (χ1v) is 6.45. The molecular formula is C15H15N3O2. The van der Waals surface area contributed by atoms with Gasteiger partial charge in [0.25, 0.3) is 0 Å². The highest BCUT2D eigenvalue weighted by Crippen LogP contribution is 2.18. The Morgan fingerprint density at radius 3 is 2.70 bits per heavy atom. The zero-order valence-electron chi connectivity index (χ0n) is 11.2. The molecule has 5 heteroatoms. The summed E-state index contributed by atoms with van der Waals surface area (Å²) in [5.74, 6) is 0.0813. The zero-order chi connectivity index (χ0) is 14.1. The Hall–Kier alpha value is -2.56. The highest BCUT2D eigenvalue weighted by Gasteiger charge is 2.07. The van der Waals surface area contributed by atoms with E-state index in [0.717, 1.165) is 29.8 Å². The van der Waals surface area contributed by atoms with Gasteiger partial charge in [-0.2, -0.15) is 0 Å². The van der Waals surface area contributed by atoms with Gasteiger partial charge in [-0.1, -0.05) is 6.07 Å². The molecule has 3 aromatic rings. The van der Waals surface area contributed by atoms with Crippen LogP contribution in [0.3, 0.4) is 0 Å². The predicted octanol–water partition coefficient (Wildman–Crippen LogP) is 2.54. The van der Waals surface area contributed by atoms with Crippen molar-refractivity contribution in [3.63, 3.8) is 0 Å². The molecule has 0 saturated carbocycles. The molecule has 102 valence electrons. The minimum absolute atomic E-state index is 0.316. The summed E-state index contributed by atoms with van der Waals surface area (Å²) in [5, 5.41) is 10.1. The molecule has 0 aliphatic carbocycles. The van der Waals surface area contributed by atoms with Crippen LogP contribution in [0.1, 0.15) is 16.2 Å². The van der Waals surface area contributed by atoms with Crippen molar-refractivity contribution in [2.45, 2.75) is 20.0 Å². The lowest BCUT2D eigenvalue weighted by molar-refractivity contribution is 0.0697. The summed E-state index contributed by atoms with van der Waals surface area (Å²) >= 11 is 0. The maximum atomic E-state index is 11.0. The topological polar surface area (TPSA) is 60.0 Å². The van der Waals surface area contributed by atoms with Crippen molar-refractivity contribution in [3.8, 4) is 0 Å². The third kappa shape index (κ3) is 2.18. The fourth-order valence-corrected chi connectivity index (χ4v) is 2.37. The molecule has 0 radical (unpaired) electrons. The van der Waals surface area contributed by atoms with E-state index in [1.165, 1.54) is 0 Å². The number of carbonyl (C=O) groups is 1. The molecule has 1 N–H and O–H groups in total. The standard InChI is InChI=1S/C15H15N3O2/c1-11-16-5-7-17(11)8-9-18-6-4-12-2-3-13(15(19)20)10-14(12)18/h2-7,10H,8-9H2,1H3,(H,19,20). The fraction of sp³-hybridized carbons (Fsp3) is 0.200. The summed E-state index contributed by atoms with van der Waals surface area (Å²) in [6.45, 7) is 3.56. The maximum Gasteiger partial charge on any atom is 0.335 e. The highest BCUT2D eigenvalue weighted by atomic mass is 16.4. The Kier molecular flexibility index (Phi) is 3.02. The number of imidazole rings is 1. The second kappa shape index (κ2) is 4.85. The average molecular weight is 269 g/mol.